The third-order valence-electron chi connectivity index (χ3n) is 3.45. The third kappa shape index (κ3) is 3.70. The minimum Gasteiger partial charge on any atom is -0.481 e. The summed E-state index contributed by atoms with van der Waals surface area (Å²) in [7, 11) is 0. The zero-order chi connectivity index (χ0) is 14.4. The van der Waals surface area contributed by atoms with Gasteiger partial charge in [-0.3, -0.25) is 4.79 Å². The average molecular weight is 280 g/mol. The number of hydrogen-bond donors (Lipinski definition) is 1. The van der Waals surface area contributed by atoms with Gasteiger partial charge in [-0.1, -0.05) is 19.1 Å². The van der Waals surface area contributed by atoms with Gasteiger partial charge in [-0.15, -0.1) is 0 Å². The van der Waals surface area contributed by atoms with E-state index in [0.717, 1.165) is 25.9 Å². The van der Waals surface area contributed by atoms with E-state index in [1.807, 2.05) is 11.8 Å². The Bertz CT molecular complexity index is 447. The lowest BCUT2D eigenvalue weighted by molar-refractivity contribution is -0.135. The van der Waals surface area contributed by atoms with Gasteiger partial charge >= 0.3 is 0 Å². The molecule has 2 rings (SSSR count). The smallest absolute Gasteiger partial charge is 0.260 e. The fraction of sp³-hybridized carbons (Fsp3) is 0.533. The van der Waals surface area contributed by atoms with Gasteiger partial charge in [-0.05, 0) is 31.5 Å². The monoisotopic (exact) mass is 280 g/mol. The molecule has 1 aromatic carbocycles. The van der Waals surface area contributed by atoms with Gasteiger partial charge in [0.15, 0.2) is 18.2 Å². The minimum absolute atomic E-state index is 0.0798. The van der Waals surface area contributed by atoms with E-state index in [9.17, 15) is 9.18 Å². The molecule has 1 fully saturated rings. The second-order valence-electron chi connectivity index (χ2n) is 4.95. The van der Waals surface area contributed by atoms with Crippen LogP contribution in [-0.4, -0.2) is 43.1 Å². The second kappa shape index (κ2) is 7.24. The van der Waals surface area contributed by atoms with E-state index in [1.165, 1.54) is 12.1 Å². The highest BCUT2D eigenvalue weighted by molar-refractivity contribution is 5.78. The molecule has 1 amide bonds. The van der Waals surface area contributed by atoms with Crippen LogP contribution in [0.2, 0.25) is 0 Å². The molecular weight excluding hydrogens is 259 g/mol. The lowest BCUT2D eigenvalue weighted by Gasteiger charge is -2.28. The number of nitrogens with one attached hydrogen (secondary N) is 1. The summed E-state index contributed by atoms with van der Waals surface area (Å²) in [4.78, 5) is 14.1. The van der Waals surface area contributed by atoms with Crippen molar-refractivity contribution in [2.24, 2.45) is 0 Å². The fourth-order valence-electron chi connectivity index (χ4n) is 2.44. The highest BCUT2D eigenvalue weighted by Crippen LogP contribution is 2.16. The molecule has 4 nitrogen and oxygen atoms in total. The van der Waals surface area contributed by atoms with E-state index in [1.54, 1.807) is 12.1 Å². The van der Waals surface area contributed by atoms with Gasteiger partial charge in [0.25, 0.3) is 5.91 Å². The normalized spacial score (nSPS) is 18.0. The summed E-state index contributed by atoms with van der Waals surface area (Å²) in [5, 5.41) is 3.25. The number of carbonyl (C=O) groups excluding carboxylic acids is 1. The molecule has 1 saturated heterocycles. The van der Waals surface area contributed by atoms with Crippen LogP contribution in [0.25, 0.3) is 0 Å². The summed E-state index contributed by atoms with van der Waals surface area (Å²) in [5.74, 6) is -0.393. The maximum atomic E-state index is 13.4. The van der Waals surface area contributed by atoms with Crippen LogP contribution in [0.1, 0.15) is 19.8 Å². The molecule has 1 heterocycles. The number of para-hydroxylation sites is 1. The Morgan fingerprint density at radius 3 is 2.95 bits per heavy atom. The largest absolute Gasteiger partial charge is 0.481 e. The molecule has 0 bridgehead atoms. The van der Waals surface area contributed by atoms with Crippen molar-refractivity contribution < 1.29 is 13.9 Å². The van der Waals surface area contributed by atoms with Gasteiger partial charge in [-0.25, -0.2) is 4.39 Å². The first-order valence-corrected chi connectivity index (χ1v) is 7.10. The van der Waals surface area contributed by atoms with Crippen LogP contribution in [-0.2, 0) is 4.79 Å². The Labute approximate surface area is 118 Å². The molecule has 0 radical (unpaired) electrons. The topological polar surface area (TPSA) is 41.6 Å². The molecule has 0 aromatic heterocycles. The summed E-state index contributed by atoms with van der Waals surface area (Å²) >= 11 is 0. The molecule has 1 aromatic rings. The van der Waals surface area contributed by atoms with Gasteiger partial charge < -0.3 is 15.0 Å². The number of halogens is 1. The van der Waals surface area contributed by atoms with Gasteiger partial charge in [0, 0.05) is 19.1 Å². The predicted octanol–water partition coefficient (Wildman–Crippen LogP) is 1.80. The summed E-state index contributed by atoms with van der Waals surface area (Å²) in [6.07, 6.45) is 1.87. The van der Waals surface area contributed by atoms with Crippen molar-refractivity contribution >= 4 is 5.91 Å². The van der Waals surface area contributed by atoms with Crippen molar-refractivity contribution in [1.82, 2.24) is 10.2 Å². The van der Waals surface area contributed by atoms with Crippen molar-refractivity contribution in [2.75, 3.05) is 26.2 Å². The number of ether oxygens (including phenoxy) is 1. The van der Waals surface area contributed by atoms with Gasteiger partial charge in [0.05, 0.1) is 0 Å². The molecule has 0 aliphatic carbocycles. The number of amides is 1. The summed E-state index contributed by atoms with van der Waals surface area (Å²) in [6.45, 7) is 4.40. The first-order valence-electron chi connectivity index (χ1n) is 7.10. The molecule has 1 unspecified atom stereocenters. The van der Waals surface area contributed by atoms with E-state index in [0.29, 0.717) is 6.54 Å². The van der Waals surface area contributed by atoms with E-state index in [-0.39, 0.29) is 24.3 Å². The predicted molar refractivity (Wildman–Crippen MR) is 75.2 cm³/mol. The Kier molecular flexibility index (Phi) is 5.35. The minimum atomic E-state index is -0.440. The summed E-state index contributed by atoms with van der Waals surface area (Å²) < 4.78 is 18.7. The van der Waals surface area contributed by atoms with Crippen LogP contribution in [0.5, 0.6) is 5.75 Å². The zero-order valence-corrected chi connectivity index (χ0v) is 11.8. The quantitative estimate of drug-likeness (QED) is 0.864. The first kappa shape index (κ1) is 14.8. The van der Waals surface area contributed by atoms with Crippen molar-refractivity contribution in [1.29, 1.82) is 0 Å². The van der Waals surface area contributed by atoms with Crippen LogP contribution < -0.4 is 10.1 Å². The number of rotatable bonds is 6. The Morgan fingerprint density at radius 2 is 2.30 bits per heavy atom. The molecule has 1 aliphatic rings. The molecule has 20 heavy (non-hydrogen) atoms. The Morgan fingerprint density at radius 1 is 1.50 bits per heavy atom. The number of nitrogens with zero attached hydrogens (tertiary/aromatic N) is 1. The number of benzene rings is 1. The third-order valence-corrected chi connectivity index (χ3v) is 3.45. The van der Waals surface area contributed by atoms with Crippen LogP contribution in [0.15, 0.2) is 24.3 Å². The fourth-order valence-corrected chi connectivity index (χ4v) is 2.44. The van der Waals surface area contributed by atoms with E-state index in [2.05, 4.69) is 5.32 Å². The molecular formula is C15H21FN2O2. The van der Waals surface area contributed by atoms with Crippen LogP contribution in [0, 0.1) is 5.82 Å². The summed E-state index contributed by atoms with van der Waals surface area (Å²) in [5.41, 5.74) is 0. The molecule has 0 saturated carbocycles. The number of carbonyl (C=O) groups is 1. The van der Waals surface area contributed by atoms with Crippen molar-refractivity contribution in [3.05, 3.63) is 30.1 Å². The van der Waals surface area contributed by atoms with E-state index in [4.69, 9.17) is 4.74 Å². The van der Waals surface area contributed by atoms with E-state index < -0.39 is 5.82 Å². The maximum Gasteiger partial charge on any atom is 0.260 e. The van der Waals surface area contributed by atoms with Crippen LogP contribution >= 0.6 is 0 Å². The molecule has 110 valence electrons. The highest BCUT2D eigenvalue weighted by Gasteiger charge is 2.26. The first-order chi connectivity index (χ1) is 9.72. The average Bonchev–Trinajstić information content (AvgIpc) is 2.97. The number of hydrogen-bond acceptors (Lipinski definition) is 3. The SMILES string of the molecule is CCCN(C(=O)COc1ccccc1F)C1CCNC1. The highest BCUT2D eigenvalue weighted by atomic mass is 19.1. The second-order valence-corrected chi connectivity index (χ2v) is 4.95. The Balaban J connectivity index is 1.93. The van der Waals surface area contributed by atoms with Gasteiger partial charge in [-0.2, -0.15) is 0 Å². The van der Waals surface area contributed by atoms with Crippen LogP contribution in [0.3, 0.4) is 0 Å². The van der Waals surface area contributed by atoms with Gasteiger partial charge in [0.1, 0.15) is 0 Å². The van der Waals surface area contributed by atoms with Crippen LogP contribution in [0.4, 0.5) is 4.39 Å². The van der Waals surface area contributed by atoms with Crippen molar-refractivity contribution in [2.45, 2.75) is 25.8 Å². The standard InChI is InChI=1S/C15H21FN2O2/c1-2-9-18(12-7-8-17-10-12)15(19)11-20-14-6-4-3-5-13(14)16/h3-6,12,17H,2,7-11H2,1H3. The van der Waals surface area contributed by atoms with E-state index >= 15 is 0 Å². The molecule has 1 atom stereocenters. The Hall–Kier alpha value is -1.62. The van der Waals surface area contributed by atoms with Gasteiger partial charge in [0.2, 0.25) is 0 Å². The van der Waals surface area contributed by atoms with Crippen molar-refractivity contribution in [3.63, 3.8) is 0 Å². The lowest BCUT2D eigenvalue weighted by atomic mass is 10.2. The molecule has 5 heteroatoms. The molecule has 1 N–H and O–H groups in total. The maximum absolute atomic E-state index is 13.4. The molecule has 0 spiro atoms. The summed E-state index contributed by atoms with van der Waals surface area (Å²) in [6, 6.07) is 6.37. The molecule has 1 aliphatic heterocycles. The zero-order valence-electron chi connectivity index (χ0n) is 11.8. The van der Waals surface area contributed by atoms with Crippen molar-refractivity contribution in [3.8, 4) is 5.75 Å². The lowest BCUT2D eigenvalue weighted by Crippen LogP contribution is -2.44.